The molecule has 0 spiro atoms. The van der Waals surface area contributed by atoms with Crippen LogP contribution in [0.2, 0.25) is 10.0 Å². The van der Waals surface area contributed by atoms with E-state index >= 15 is 0 Å². The lowest BCUT2D eigenvalue weighted by atomic mass is 9.63. The van der Waals surface area contributed by atoms with Crippen LogP contribution in [0.3, 0.4) is 0 Å². The van der Waals surface area contributed by atoms with Gasteiger partial charge in [0.2, 0.25) is 5.91 Å². The SMILES string of the molecule is O=C(Nc1ccc(O)cc1)C1(c2ccc(Cl)cc2Cl)CCC1. The van der Waals surface area contributed by atoms with Crippen LogP contribution in [0.25, 0.3) is 0 Å². The zero-order chi connectivity index (χ0) is 15.7. The number of phenolic OH excluding ortho intramolecular Hbond substituents is 1. The largest absolute Gasteiger partial charge is 0.508 e. The van der Waals surface area contributed by atoms with Crippen molar-refractivity contribution in [3.8, 4) is 5.75 Å². The van der Waals surface area contributed by atoms with E-state index in [-0.39, 0.29) is 11.7 Å². The predicted molar refractivity (Wildman–Crippen MR) is 88.7 cm³/mol. The predicted octanol–water partition coefficient (Wildman–Crippen LogP) is 4.76. The fourth-order valence-corrected chi connectivity index (χ4v) is 3.41. The van der Waals surface area contributed by atoms with Gasteiger partial charge in [-0.2, -0.15) is 0 Å². The van der Waals surface area contributed by atoms with Gasteiger partial charge in [-0.15, -0.1) is 0 Å². The Morgan fingerprint density at radius 1 is 1.09 bits per heavy atom. The highest BCUT2D eigenvalue weighted by Crippen LogP contribution is 2.47. The van der Waals surface area contributed by atoms with Gasteiger partial charge in [0, 0.05) is 15.7 Å². The second-order valence-corrected chi connectivity index (χ2v) is 6.40. The molecule has 5 heteroatoms. The number of nitrogens with one attached hydrogen (secondary N) is 1. The third-order valence-electron chi connectivity index (χ3n) is 4.21. The molecule has 0 bridgehead atoms. The second-order valence-electron chi connectivity index (χ2n) is 5.56. The highest BCUT2D eigenvalue weighted by atomic mass is 35.5. The average molecular weight is 336 g/mol. The summed E-state index contributed by atoms with van der Waals surface area (Å²) in [5.41, 5.74) is 0.875. The van der Waals surface area contributed by atoms with Gasteiger partial charge in [-0.1, -0.05) is 35.7 Å². The Morgan fingerprint density at radius 3 is 2.32 bits per heavy atom. The van der Waals surface area contributed by atoms with E-state index in [9.17, 15) is 9.90 Å². The number of hydrogen-bond acceptors (Lipinski definition) is 2. The summed E-state index contributed by atoms with van der Waals surface area (Å²) in [4.78, 5) is 12.8. The molecule has 0 radical (unpaired) electrons. The number of phenols is 1. The molecule has 0 aliphatic heterocycles. The van der Waals surface area contributed by atoms with E-state index in [1.807, 2.05) is 6.07 Å². The quantitative estimate of drug-likeness (QED) is 0.794. The first-order valence-electron chi connectivity index (χ1n) is 7.07. The lowest BCUT2D eigenvalue weighted by Crippen LogP contribution is -2.46. The Labute approximate surface area is 138 Å². The highest BCUT2D eigenvalue weighted by molar-refractivity contribution is 6.35. The van der Waals surface area contributed by atoms with Crippen LogP contribution in [0.5, 0.6) is 5.75 Å². The number of benzene rings is 2. The molecule has 2 aromatic rings. The van der Waals surface area contributed by atoms with E-state index < -0.39 is 5.41 Å². The first-order chi connectivity index (χ1) is 10.5. The van der Waals surface area contributed by atoms with Crippen molar-refractivity contribution < 1.29 is 9.90 Å². The molecular weight excluding hydrogens is 321 g/mol. The summed E-state index contributed by atoms with van der Waals surface area (Å²) in [6, 6.07) is 11.7. The molecule has 0 saturated heterocycles. The molecule has 1 aliphatic rings. The zero-order valence-electron chi connectivity index (χ0n) is 11.8. The van der Waals surface area contributed by atoms with Crippen LogP contribution >= 0.6 is 23.2 Å². The van der Waals surface area contributed by atoms with Crippen LogP contribution in [0, 0.1) is 0 Å². The van der Waals surface area contributed by atoms with Crippen LogP contribution in [0.1, 0.15) is 24.8 Å². The summed E-state index contributed by atoms with van der Waals surface area (Å²) in [5, 5.41) is 13.3. The van der Waals surface area contributed by atoms with Crippen molar-refractivity contribution in [2.24, 2.45) is 0 Å². The van der Waals surface area contributed by atoms with Gasteiger partial charge in [-0.25, -0.2) is 0 Å². The Balaban J connectivity index is 1.89. The Bertz CT molecular complexity index is 709. The number of aromatic hydroxyl groups is 1. The van der Waals surface area contributed by atoms with Crippen molar-refractivity contribution in [2.75, 3.05) is 5.32 Å². The number of anilines is 1. The maximum atomic E-state index is 12.8. The molecule has 0 atom stereocenters. The molecule has 1 aliphatic carbocycles. The maximum Gasteiger partial charge on any atom is 0.235 e. The van der Waals surface area contributed by atoms with Crippen molar-refractivity contribution in [3.05, 3.63) is 58.1 Å². The van der Waals surface area contributed by atoms with Gasteiger partial charge in [-0.3, -0.25) is 4.79 Å². The Hall–Kier alpha value is -1.71. The zero-order valence-corrected chi connectivity index (χ0v) is 13.3. The molecule has 1 fully saturated rings. The van der Waals surface area contributed by atoms with Gasteiger partial charge in [0.15, 0.2) is 0 Å². The average Bonchev–Trinajstić information content (AvgIpc) is 2.42. The molecule has 3 nitrogen and oxygen atoms in total. The summed E-state index contributed by atoms with van der Waals surface area (Å²) in [5.74, 6) is 0.0887. The molecule has 2 aromatic carbocycles. The van der Waals surface area contributed by atoms with Crippen LogP contribution in [-0.2, 0) is 10.2 Å². The lowest BCUT2D eigenvalue weighted by Gasteiger charge is -2.41. The fourth-order valence-electron chi connectivity index (χ4n) is 2.82. The van der Waals surface area contributed by atoms with Crippen LogP contribution in [0.4, 0.5) is 5.69 Å². The van der Waals surface area contributed by atoms with Gasteiger partial charge < -0.3 is 10.4 Å². The number of carbonyl (C=O) groups is 1. The maximum absolute atomic E-state index is 12.8. The molecule has 2 N–H and O–H groups in total. The van der Waals surface area contributed by atoms with E-state index in [1.54, 1.807) is 36.4 Å². The van der Waals surface area contributed by atoms with Crippen molar-refractivity contribution in [1.82, 2.24) is 0 Å². The van der Waals surface area contributed by atoms with E-state index in [4.69, 9.17) is 23.2 Å². The minimum atomic E-state index is -0.598. The van der Waals surface area contributed by atoms with Crippen LogP contribution in [0.15, 0.2) is 42.5 Å². The number of halogens is 2. The van der Waals surface area contributed by atoms with Crippen molar-refractivity contribution >= 4 is 34.8 Å². The van der Waals surface area contributed by atoms with Gasteiger partial charge in [0.25, 0.3) is 0 Å². The van der Waals surface area contributed by atoms with E-state index in [2.05, 4.69) is 5.32 Å². The fraction of sp³-hybridized carbons (Fsp3) is 0.235. The minimum absolute atomic E-state index is 0.0753. The van der Waals surface area contributed by atoms with Crippen LogP contribution in [-0.4, -0.2) is 11.0 Å². The molecule has 0 unspecified atom stereocenters. The molecule has 1 amide bonds. The minimum Gasteiger partial charge on any atom is -0.508 e. The highest BCUT2D eigenvalue weighted by Gasteiger charge is 2.46. The monoisotopic (exact) mass is 335 g/mol. The summed E-state index contributed by atoms with van der Waals surface area (Å²) < 4.78 is 0. The number of amides is 1. The van der Waals surface area contributed by atoms with E-state index in [1.165, 1.54) is 0 Å². The third-order valence-corrected chi connectivity index (χ3v) is 4.76. The van der Waals surface area contributed by atoms with Crippen LogP contribution < -0.4 is 5.32 Å². The van der Waals surface area contributed by atoms with E-state index in [0.717, 1.165) is 24.8 Å². The summed E-state index contributed by atoms with van der Waals surface area (Å²) in [7, 11) is 0. The molecule has 1 saturated carbocycles. The van der Waals surface area contributed by atoms with Crippen molar-refractivity contribution in [2.45, 2.75) is 24.7 Å². The first kappa shape index (κ1) is 15.2. The Morgan fingerprint density at radius 2 is 1.77 bits per heavy atom. The second kappa shape index (κ2) is 5.82. The normalized spacial score (nSPS) is 15.9. The molecule has 22 heavy (non-hydrogen) atoms. The number of carbonyl (C=O) groups excluding carboxylic acids is 1. The summed E-state index contributed by atoms with van der Waals surface area (Å²) in [6.45, 7) is 0. The van der Waals surface area contributed by atoms with Gasteiger partial charge >= 0.3 is 0 Å². The molecular formula is C17H15Cl2NO2. The molecule has 0 heterocycles. The smallest absolute Gasteiger partial charge is 0.235 e. The van der Waals surface area contributed by atoms with E-state index in [0.29, 0.717) is 15.7 Å². The van der Waals surface area contributed by atoms with Gasteiger partial charge in [-0.05, 0) is 54.8 Å². The van der Waals surface area contributed by atoms with Crippen molar-refractivity contribution in [1.29, 1.82) is 0 Å². The standard InChI is InChI=1S/C17H15Cl2NO2/c18-11-2-7-14(15(19)10-11)17(8-1-9-17)16(22)20-12-3-5-13(21)6-4-12/h2-7,10,21H,1,8-9H2,(H,20,22). The topological polar surface area (TPSA) is 49.3 Å². The number of hydrogen-bond donors (Lipinski definition) is 2. The van der Waals surface area contributed by atoms with Crippen molar-refractivity contribution in [3.63, 3.8) is 0 Å². The first-order valence-corrected chi connectivity index (χ1v) is 7.83. The summed E-state index contributed by atoms with van der Waals surface area (Å²) in [6.07, 6.45) is 2.51. The third kappa shape index (κ3) is 2.67. The number of rotatable bonds is 3. The lowest BCUT2D eigenvalue weighted by molar-refractivity contribution is -0.124. The molecule has 0 aromatic heterocycles. The molecule has 3 rings (SSSR count). The molecule has 114 valence electrons. The Kier molecular flexibility index (Phi) is 4.02. The van der Waals surface area contributed by atoms with Gasteiger partial charge in [0.1, 0.15) is 5.75 Å². The van der Waals surface area contributed by atoms with Gasteiger partial charge in [0.05, 0.1) is 5.41 Å². The summed E-state index contributed by atoms with van der Waals surface area (Å²) >= 11 is 12.2.